The number of amides is 3. The first kappa shape index (κ1) is 22.4. The highest BCUT2D eigenvalue weighted by Crippen LogP contribution is 2.27. The van der Waals surface area contributed by atoms with Gasteiger partial charge in [-0.3, -0.25) is 14.4 Å². The van der Waals surface area contributed by atoms with E-state index in [0.717, 1.165) is 0 Å². The summed E-state index contributed by atoms with van der Waals surface area (Å²) in [5, 5.41) is 6.95. The Morgan fingerprint density at radius 3 is 2.69 bits per heavy atom. The lowest BCUT2D eigenvalue weighted by molar-refractivity contribution is -0.125. The molecule has 3 rings (SSSR count). The number of hydrogen-bond donors (Lipinski definition) is 3. The molecule has 3 amide bonds. The molecule has 32 heavy (non-hydrogen) atoms. The second kappa shape index (κ2) is 9.26. The number of ether oxygens (including phenoxy) is 1. The van der Waals surface area contributed by atoms with E-state index in [9.17, 15) is 14.4 Å². The van der Waals surface area contributed by atoms with Crippen molar-refractivity contribution in [2.45, 2.75) is 12.5 Å². The summed E-state index contributed by atoms with van der Waals surface area (Å²) in [7, 11) is 3.00. The standard InChI is InChI=1S/C22H24N6O4/c1-4-18(29)27-8-7-15(12-27)28-20(23)19(21(24)30)17(26-28)6-5-13-9-14(22(31)25-2)11-16(10-13)32-3/h4,9-11,15H,1,7-8,12,23H2,2-3H3,(H2,24,30)(H,25,31)/t15-/m0/s1. The molecule has 0 radical (unpaired) electrons. The highest BCUT2D eigenvalue weighted by Gasteiger charge is 2.30. The maximum absolute atomic E-state index is 12.1. The van der Waals surface area contributed by atoms with Gasteiger partial charge in [0.1, 0.15) is 17.1 Å². The largest absolute Gasteiger partial charge is 0.497 e. The van der Waals surface area contributed by atoms with Crippen LogP contribution in [0, 0.1) is 11.8 Å². The summed E-state index contributed by atoms with van der Waals surface area (Å²) in [6.45, 7) is 4.40. The Kier molecular flexibility index (Phi) is 6.49. The molecule has 166 valence electrons. The molecule has 0 spiro atoms. The number of hydrogen-bond acceptors (Lipinski definition) is 6. The molecule has 1 aromatic heterocycles. The fraction of sp³-hybridized carbons (Fsp3) is 0.273. The number of likely N-dealkylation sites (tertiary alicyclic amines) is 1. The fourth-order valence-electron chi connectivity index (χ4n) is 3.52. The van der Waals surface area contributed by atoms with E-state index >= 15 is 0 Å². The molecule has 0 aliphatic carbocycles. The second-order valence-corrected chi connectivity index (χ2v) is 7.13. The van der Waals surface area contributed by atoms with Crippen molar-refractivity contribution >= 4 is 23.5 Å². The van der Waals surface area contributed by atoms with Gasteiger partial charge in [0.15, 0.2) is 5.69 Å². The van der Waals surface area contributed by atoms with Crippen LogP contribution in [-0.4, -0.2) is 59.6 Å². The average Bonchev–Trinajstić information content (AvgIpc) is 3.40. The predicted octanol–water partition coefficient (Wildman–Crippen LogP) is 0.292. The number of methoxy groups -OCH3 is 1. The number of carbonyl (C=O) groups excluding carboxylic acids is 3. The zero-order valence-electron chi connectivity index (χ0n) is 17.8. The Labute approximate surface area is 185 Å². The van der Waals surface area contributed by atoms with E-state index in [0.29, 0.717) is 36.4 Å². The van der Waals surface area contributed by atoms with Crippen LogP contribution in [-0.2, 0) is 4.79 Å². The highest BCUT2D eigenvalue weighted by atomic mass is 16.5. The van der Waals surface area contributed by atoms with Gasteiger partial charge in [-0.05, 0) is 36.6 Å². The number of nitrogen functional groups attached to an aromatic ring is 1. The maximum atomic E-state index is 12.1. The van der Waals surface area contributed by atoms with Crippen LogP contribution >= 0.6 is 0 Å². The van der Waals surface area contributed by atoms with Crippen LogP contribution in [0.25, 0.3) is 0 Å². The third kappa shape index (κ3) is 4.41. The molecule has 0 saturated carbocycles. The minimum atomic E-state index is -0.758. The van der Waals surface area contributed by atoms with E-state index in [1.54, 1.807) is 23.1 Å². The fourth-order valence-corrected chi connectivity index (χ4v) is 3.52. The molecule has 1 aliphatic heterocycles. The molecule has 0 bridgehead atoms. The molecule has 0 unspecified atom stereocenters. The lowest BCUT2D eigenvalue weighted by Gasteiger charge is -2.15. The molecule has 5 N–H and O–H groups in total. The van der Waals surface area contributed by atoms with Crippen molar-refractivity contribution in [2.75, 3.05) is 33.0 Å². The molecular weight excluding hydrogens is 412 g/mol. The van der Waals surface area contributed by atoms with Crippen molar-refractivity contribution in [3.05, 3.63) is 53.2 Å². The van der Waals surface area contributed by atoms with Gasteiger partial charge in [-0.2, -0.15) is 5.10 Å². The monoisotopic (exact) mass is 436 g/mol. The van der Waals surface area contributed by atoms with Gasteiger partial charge in [-0.15, -0.1) is 0 Å². The predicted molar refractivity (Wildman–Crippen MR) is 118 cm³/mol. The van der Waals surface area contributed by atoms with Crippen LogP contribution in [0.3, 0.4) is 0 Å². The van der Waals surface area contributed by atoms with Gasteiger partial charge in [0.2, 0.25) is 5.91 Å². The maximum Gasteiger partial charge on any atom is 0.255 e. The molecule has 1 atom stereocenters. The normalized spacial score (nSPS) is 14.9. The lowest BCUT2D eigenvalue weighted by Crippen LogP contribution is -2.27. The Morgan fingerprint density at radius 2 is 2.06 bits per heavy atom. The van der Waals surface area contributed by atoms with Crippen molar-refractivity contribution in [1.82, 2.24) is 20.0 Å². The number of anilines is 1. The first-order chi connectivity index (χ1) is 15.3. The van der Waals surface area contributed by atoms with Gasteiger partial charge in [-0.1, -0.05) is 12.5 Å². The summed E-state index contributed by atoms with van der Waals surface area (Å²) >= 11 is 0. The summed E-state index contributed by atoms with van der Waals surface area (Å²) in [4.78, 5) is 37.6. The summed E-state index contributed by atoms with van der Waals surface area (Å²) in [5.74, 6) is 5.03. The molecule has 10 heteroatoms. The number of benzene rings is 1. The third-order valence-electron chi connectivity index (χ3n) is 5.15. The molecule has 1 aromatic carbocycles. The number of aromatic nitrogens is 2. The van der Waals surface area contributed by atoms with Crippen LogP contribution in [0.1, 0.15) is 44.4 Å². The molecule has 2 heterocycles. The lowest BCUT2D eigenvalue weighted by atomic mass is 10.1. The van der Waals surface area contributed by atoms with Crippen molar-refractivity contribution in [3.63, 3.8) is 0 Å². The van der Waals surface area contributed by atoms with Gasteiger partial charge in [0.05, 0.1) is 13.2 Å². The van der Waals surface area contributed by atoms with E-state index in [1.807, 2.05) is 0 Å². The molecular formula is C22H24N6O4. The Hall–Kier alpha value is -4.26. The SMILES string of the molecule is C=CC(=O)N1CC[C@H](n2nc(C#Cc3cc(OC)cc(C(=O)NC)c3)c(C(N)=O)c2N)C1. The van der Waals surface area contributed by atoms with Crippen molar-refractivity contribution in [2.24, 2.45) is 5.73 Å². The highest BCUT2D eigenvalue weighted by molar-refractivity contribution is 5.99. The summed E-state index contributed by atoms with van der Waals surface area (Å²) in [5.41, 5.74) is 12.7. The number of carbonyl (C=O) groups is 3. The van der Waals surface area contributed by atoms with E-state index in [1.165, 1.54) is 24.9 Å². The first-order valence-electron chi connectivity index (χ1n) is 9.81. The van der Waals surface area contributed by atoms with Crippen LogP contribution in [0.15, 0.2) is 30.9 Å². The minimum Gasteiger partial charge on any atom is -0.497 e. The van der Waals surface area contributed by atoms with Gasteiger partial charge >= 0.3 is 0 Å². The van der Waals surface area contributed by atoms with Crippen LogP contribution in [0.5, 0.6) is 5.75 Å². The van der Waals surface area contributed by atoms with Crippen molar-refractivity contribution in [1.29, 1.82) is 0 Å². The number of rotatable bonds is 5. The number of nitrogens with zero attached hydrogens (tertiary/aromatic N) is 3. The van der Waals surface area contributed by atoms with Crippen LogP contribution < -0.4 is 21.5 Å². The van der Waals surface area contributed by atoms with E-state index in [-0.39, 0.29) is 34.9 Å². The average molecular weight is 436 g/mol. The third-order valence-corrected chi connectivity index (χ3v) is 5.15. The van der Waals surface area contributed by atoms with Crippen LogP contribution in [0.4, 0.5) is 5.82 Å². The molecule has 1 saturated heterocycles. The zero-order valence-corrected chi connectivity index (χ0v) is 17.8. The summed E-state index contributed by atoms with van der Waals surface area (Å²) in [6, 6.07) is 4.61. The Morgan fingerprint density at radius 1 is 1.31 bits per heavy atom. The zero-order chi connectivity index (χ0) is 23.4. The van der Waals surface area contributed by atoms with Crippen molar-refractivity contribution < 1.29 is 19.1 Å². The number of nitrogens with one attached hydrogen (secondary N) is 1. The van der Waals surface area contributed by atoms with Gasteiger partial charge < -0.3 is 26.4 Å². The summed E-state index contributed by atoms with van der Waals surface area (Å²) < 4.78 is 6.72. The molecule has 1 aliphatic rings. The molecule has 10 nitrogen and oxygen atoms in total. The van der Waals surface area contributed by atoms with Gasteiger partial charge in [0.25, 0.3) is 11.8 Å². The van der Waals surface area contributed by atoms with Crippen molar-refractivity contribution in [3.8, 4) is 17.6 Å². The quantitative estimate of drug-likeness (QED) is 0.454. The number of primary amides is 1. The van der Waals surface area contributed by atoms with E-state index in [2.05, 4.69) is 28.8 Å². The molecule has 2 aromatic rings. The number of nitrogens with two attached hydrogens (primary N) is 2. The topological polar surface area (TPSA) is 146 Å². The first-order valence-corrected chi connectivity index (χ1v) is 9.81. The molecule has 1 fully saturated rings. The Balaban J connectivity index is 1.99. The minimum absolute atomic E-state index is 0.0143. The smallest absolute Gasteiger partial charge is 0.255 e. The Bertz CT molecular complexity index is 1160. The van der Waals surface area contributed by atoms with E-state index in [4.69, 9.17) is 16.2 Å². The van der Waals surface area contributed by atoms with Gasteiger partial charge in [-0.25, -0.2) is 4.68 Å². The summed E-state index contributed by atoms with van der Waals surface area (Å²) in [6.07, 6.45) is 1.86. The van der Waals surface area contributed by atoms with Crippen LogP contribution in [0.2, 0.25) is 0 Å². The van der Waals surface area contributed by atoms with Gasteiger partial charge in [0, 0.05) is 31.3 Å². The van der Waals surface area contributed by atoms with E-state index < -0.39 is 5.91 Å². The second-order valence-electron chi connectivity index (χ2n) is 7.13.